The van der Waals surface area contributed by atoms with E-state index < -0.39 is 4.92 Å². The van der Waals surface area contributed by atoms with E-state index in [4.69, 9.17) is 0 Å². The van der Waals surface area contributed by atoms with Crippen LogP contribution in [-0.2, 0) is 4.79 Å². The van der Waals surface area contributed by atoms with Crippen molar-refractivity contribution < 1.29 is 9.72 Å². The van der Waals surface area contributed by atoms with Gasteiger partial charge in [-0.15, -0.1) is 29.7 Å². The van der Waals surface area contributed by atoms with Crippen molar-refractivity contribution in [1.82, 2.24) is 4.98 Å². The predicted molar refractivity (Wildman–Crippen MR) is 114 cm³/mol. The Balaban J connectivity index is 1.69. The molecule has 0 aliphatic heterocycles. The van der Waals surface area contributed by atoms with Crippen molar-refractivity contribution >= 4 is 39.8 Å². The number of amides is 1. The highest BCUT2D eigenvalue weighted by molar-refractivity contribution is 8.00. The fourth-order valence-corrected chi connectivity index (χ4v) is 4.07. The number of hydrogen-bond acceptors (Lipinski definition) is 6. The number of thiazole rings is 1. The first-order valence-corrected chi connectivity index (χ1v) is 10.2. The maximum Gasteiger partial charge on any atom is 0.269 e. The summed E-state index contributed by atoms with van der Waals surface area (Å²) in [5.74, 6) is 0.100. The number of aromatic nitrogens is 1. The van der Waals surface area contributed by atoms with Crippen LogP contribution in [0.15, 0.2) is 77.5 Å². The maximum absolute atomic E-state index is 12.7. The average molecular weight is 412 g/mol. The minimum absolute atomic E-state index is 0.0280. The summed E-state index contributed by atoms with van der Waals surface area (Å²) < 4.78 is 0. The number of non-ortho nitro benzene ring substituents is 1. The predicted octanol–water partition coefficient (Wildman–Crippen LogP) is 5.03. The third-order valence-corrected chi connectivity index (χ3v) is 5.68. The topological polar surface area (TPSA) is 76.3 Å². The van der Waals surface area contributed by atoms with Crippen LogP contribution in [0.3, 0.4) is 0 Å². The lowest BCUT2D eigenvalue weighted by atomic mass is 10.2. The second-order valence-electron chi connectivity index (χ2n) is 5.71. The lowest BCUT2D eigenvalue weighted by Crippen LogP contribution is -2.32. The minimum atomic E-state index is -0.446. The zero-order valence-electron chi connectivity index (χ0n) is 14.9. The molecule has 0 aliphatic carbocycles. The number of carbonyl (C=O) groups excluding carboxylic acids is 1. The van der Waals surface area contributed by atoms with E-state index in [9.17, 15) is 14.9 Å². The van der Waals surface area contributed by atoms with E-state index in [1.165, 1.54) is 35.2 Å². The van der Waals surface area contributed by atoms with Crippen molar-refractivity contribution in [3.8, 4) is 11.3 Å². The van der Waals surface area contributed by atoms with E-state index in [1.54, 1.807) is 23.1 Å². The molecular formula is C20H17N3O3S2. The smallest absolute Gasteiger partial charge is 0.269 e. The molecular weight excluding hydrogens is 394 g/mol. The number of benzene rings is 2. The van der Waals surface area contributed by atoms with Gasteiger partial charge in [-0.25, -0.2) is 4.98 Å². The summed E-state index contributed by atoms with van der Waals surface area (Å²) >= 11 is 2.74. The molecule has 142 valence electrons. The van der Waals surface area contributed by atoms with E-state index in [1.807, 2.05) is 35.7 Å². The van der Waals surface area contributed by atoms with Crippen molar-refractivity contribution in [2.75, 3.05) is 17.2 Å². The van der Waals surface area contributed by atoms with Gasteiger partial charge in [-0.2, -0.15) is 0 Å². The monoisotopic (exact) mass is 411 g/mol. The Morgan fingerprint density at radius 3 is 2.57 bits per heavy atom. The van der Waals surface area contributed by atoms with E-state index in [2.05, 4.69) is 11.6 Å². The Labute approximate surface area is 170 Å². The van der Waals surface area contributed by atoms with E-state index >= 15 is 0 Å². The van der Waals surface area contributed by atoms with E-state index in [0.29, 0.717) is 11.7 Å². The first-order chi connectivity index (χ1) is 13.6. The van der Waals surface area contributed by atoms with Crippen LogP contribution >= 0.6 is 23.1 Å². The van der Waals surface area contributed by atoms with Crippen LogP contribution < -0.4 is 4.90 Å². The third-order valence-electron chi connectivity index (χ3n) is 3.82. The molecule has 0 saturated heterocycles. The molecule has 3 aromatic rings. The molecule has 28 heavy (non-hydrogen) atoms. The number of nitrogens with zero attached hydrogens (tertiary/aromatic N) is 3. The maximum atomic E-state index is 12.7. The molecule has 0 N–H and O–H groups in total. The lowest BCUT2D eigenvalue weighted by Gasteiger charge is -2.17. The fourth-order valence-electron chi connectivity index (χ4n) is 2.43. The minimum Gasteiger partial charge on any atom is -0.284 e. The number of anilines is 1. The van der Waals surface area contributed by atoms with Gasteiger partial charge in [0, 0.05) is 34.5 Å². The van der Waals surface area contributed by atoms with Crippen molar-refractivity contribution in [3.05, 3.63) is 82.7 Å². The van der Waals surface area contributed by atoms with Crippen LogP contribution in [0.25, 0.3) is 11.3 Å². The number of rotatable bonds is 8. The summed E-state index contributed by atoms with van der Waals surface area (Å²) in [5, 5.41) is 13.3. The van der Waals surface area contributed by atoms with Gasteiger partial charge >= 0.3 is 0 Å². The molecule has 2 aromatic carbocycles. The molecule has 0 spiro atoms. The first-order valence-electron chi connectivity index (χ1n) is 8.38. The van der Waals surface area contributed by atoms with Gasteiger partial charge in [0.05, 0.1) is 16.4 Å². The van der Waals surface area contributed by atoms with E-state index in [-0.39, 0.29) is 17.3 Å². The average Bonchev–Trinajstić information content (AvgIpc) is 3.21. The molecule has 1 heterocycles. The highest BCUT2D eigenvalue weighted by Gasteiger charge is 2.19. The molecule has 0 saturated carbocycles. The van der Waals surface area contributed by atoms with Gasteiger partial charge in [-0.3, -0.25) is 19.8 Å². The van der Waals surface area contributed by atoms with Gasteiger partial charge in [0.15, 0.2) is 5.13 Å². The van der Waals surface area contributed by atoms with Crippen molar-refractivity contribution in [3.63, 3.8) is 0 Å². The van der Waals surface area contributed by atoms with Crippen molar-refractivity contribution in [1.29, 1.82) is 0 Å². The van der Waals surface area contributed by atoms with Crippen molar-refractivity contribution in [2.24, 2.45) is 0 Å². The highest BCUT2D eigenvalue weighted by atomic mass is 32.2. The van der Waals surface area contributed by atoms with Gasteiger partial charge in [0.1, 0.15) is 0 Å². The molecule has 0 atom stereocenters. The zero-order valence-corrected chi connectivity index (χ0v) is 16.5. The van der Waals surface area contributed by atoms with Gasteiger partial charge in [-0.1, -0.05) is 36.4 Å². The van der Waals surface area contributed by atoms with Crippen molar-refractivity contribution in [2.45, 2.75) is 4.90 Å². The number of carbonyl (C=O) groups is 1. The second kappa shape index (κ2) is 9.29. The van der Waals surface area contributed by atoms with Crippen LogP contribution in [0.1, 0.15) is 0 Å². The molecule has 8 heteroatoms. The molecule has 3 rings (SSSR count). The molecule has 0 aliphatic rings. The van der Waals surface area contributed by atoms with Gasteiger partial charge < -0.3 is 0 Å². The number of thioether (sulfide) groups is 1. The quantitative estimate of drug-likeness (QED) is 0.225. The summed E-state index contributed by atoms with van der Waals surface area (Å²) in [4.78, 5) is 30.0. The van der Waals surface area contributed by atoms with Crippen LogP contribution in [0, 0.1) is 10.1 Å². The SMILES string of the molecule is C=CCN(C(=O)CSc1ccc([N+](=O)[O-])cc1)c1nc(-c2ccccc2)cs1. The molecule has 1 amide bonds. The molecule has 6 nitrogen and oxygen atoms in total. The molecule has 0 bridgehead atoms. The summed E-state index contributed by atoms with van der Waals surface area (Å²) in [6.07, 6.45) is 1.66. The van der Waals surface area contributed by atoms with Gasteiger partial charge in [-0.05, 0) is 12.1 Å². The fraction of sp³-hybridized carbons (Fsp3) is 0.100. The number of nitro groups is 1. The Kier molecular flexibility index (Phi) is 6.57. The summed E-state index contributed by atoms with van der Waals surface area (Å²) in [6, 6.07) is 15.9. The zero-order chi connectivity index (χ0) is 19.9. The first kappa shape index (κ1) is 19.8. The highest BCUT2D eigenvalue weighted by Crippen LogP contribution is 2.28. The van der Waals surface area contributed by atoms with Gasteiger partial charge in [0.25, 0.3) is 5.69 Å². The summed E-state index contributed by atoms with van der Waals surface area (Å²) in [5.41, 5.74) is 1.85. The Morgan fingerprint density at radius 2 is 1.93 bits per heavy atom. The Morgan fingerprint density at radius 1 is 1.21 bits per heavy atom. The second-order valence-corrected chi connectivity index (χ2v) is 7.60. The molecule has 1 aromatic heterocycles. The molecule has 0 radical (unpaired) electrons. The Hall–Kier alpha value is -2.97. The third kappa shape index (κ3) is 4.85. The Bertz CT molecular complexity index is 972. The molecule has 0 fully saturated rings. The standard InChI is InChI=1S/C20H17N3O3S2/c1-2-12-22(20-21-18(13-28-20)15-6-4-3-5-7-15)19(24)14-27-17-10-8-16(9-11-17)23(25)26/h2-11,13H,1,12,14H2. The number of hydrogen-bond donors (Lipinski definition) is 0. The summed E-state index contributed by atoms with van der Waals surface area (Å²) in [6.45, 7) is 4.09. The van der Waals surface area contributed by atoms with Crippen LogP contribution in [0.2, 0.25) is 0 Å². The van der Waals surface area contributed by atoms with Crippen LogP contribution in [0.5, 0.6) is 0 Å². The molecule has 0 unspecified atom stereocenters. The number of nitro benzene ring substituents is 1. The van der Waals surface area contributed by atoms with E-state index in [0.717, 1.165) is 16.2 Å². The normalized spacial score (nSPS) is 10.4. The van der Waals surface area contributed by atoms with Crippen LogP contribution in [-0.4, -0.2) is 28.1 Å². The van der Waals surface area contributed by atoms with Gasteiger partial charge in [0.2, 0.25) is 5.91 Å². The lowest BCUT2D eigenvalue weighted by molar-refractivity contribution is -0.384. The van der Waals surface area contributed by atoms with Crippen LogP contribution in [0.4, 0.5) is 10.8 Å². The summed E-state index contributed by atoms with van der Waals surface area (Å²) in [7, 11) is 0. The largest absolute Gasteiger partial charge is 0.284 e.